The number of hydrogen-bond acceptors (Lipinski definition) is 7. The van der Waals surface area contributed by atoms with Crippen LogP contribution in [0.5, 0.6) is 11.5 Å². The van der Waals surface area contributed by atoms with Crippen molar-refractivity contribution in [2.24, 2.45) is 0 Å². The Kier molecular flexibility index (Phi) is 6.74. The Labute approximate surface area is 190 Å². The fraction of sp³-hybridized carbons (Fsp3) is 0.320. The minimum Gasteiger partial charge on any atom is -0.481 e. The lowest BCUT2D eigenvalue weighted by atomic mass is 10.1. The molecule has 1 aromatic heterocycles. The van der Waals surface area contributed by atoms with E-state index in [1.165, 1.54) is 12.1 Å². The summed E-state index contributed by atoms with van der Waals surface area (Å²) >= 11 is 0. The molecule has 1 aliphatic heterocycles. The molecule has 0 spiro atoms. The molecule has 1 atom stereocenters. The second-order valence-corrected chi connectivity index (χ2v) is 7.98. The first-order valence-electron chi connectivity index (χ1n) is 10.8. The van der Waals surface area contributed by atoms with E-state index in [1.807, 2.05) is 32.0 Å². The van der Waals surface area contributed by atoms with E-state index in [9.17, 15) is 14.4 Å². The van der Waals surface area contributed by atoms with Crippen LogP contribution in [-0.2, 0) is 9.53 Å². The molecular formula is C25H25NO7. The summed E-state index contributed by atoms with van der Waals surface area (Å²) < 4.78 is 21.7. The summed E-state index contributed by atoms with van der Waals surface area (Å²) in [6.07, 6.45) is 1.81. The molecule has 1 N–H and O–H groups in total. The number of benzene rings is 2. The summed E-state index contributed by atoms with van der Waals surface area (Å²) in [5.74, 6) is -0.259. The van der Waals surface area contributed by atoms with Gasteiger partial charge in [-0.15, -0.1) is 0 Å². The predicted molar refractivity (Wildman–Crippen MR) is 121 cm³/mol. The van der Waals surface area contributed by atoms with Gasteiger partial charge in [-0.3, -0.25) is 4.79 Å². The van der Waals surface area contributed by atoms with E-state index < -0.39 is 17.5 Å². The van der Waals surface area contributed by atoms with Crippen LogP contribution in [0.1, 0.15) is 34.3 Å². The van der Waals surface area contributed by atoms with Gasteiger partial charge < -0.3 is 23.9 Å². The van der Waals surface area contributed by atoms with Crippen LogP contribution in [0.4, 0.5) is 0 Å². The summed E-state index contributed by atoms with van der Waals surface area (Å²) in [7, 11) is 0. The summed E-state index contributed by atoms with van der Waals surface area (Å²) in [4.78, 5) is 37.0. The monoisotopic (exact) mass is 451 g/mol. The maximum absolute atomic E-state index is 12.4. The Bertz CT molecular complexity index is 1220. The lowest BCUT2D eigenvalue weighted by Gasteiger charge is -2.12. The second kappa shape index (κ2) is 9.87. The zero-order chi connectivity index (χ0) is 23.4. The molecule has 1 unspecified atom stereocenters. The van der Waals surface area contributed by atoms with Crippen molar-refractivity contribution in [3.8, 4) is 11.5 Å². The quantitative estimate of drug-likeness (QED) is 0.334. The third kappa shape index (κ3) is 5.40. The van der Waals surface area contributed by atoms with Gasteiger partial charge in [0.25, 0.3) is 5.91 Å². The van der Waals surface area contributed by atoms with Crippen molar-refractivity contribution in [1.29, 1.82) is 0 Å². The molecule has 3 aromatic rings. The number of esters is 1. The number of para-hydroxylation sites is 1. The predicted octanol–water partition coefficient (Wildman–Crippen LogP) is 3.30. The van der Waals surface area contributed by atoms with Crippen molar-refractivity contribution in [3.05, 3.63) is 69.6 Å². The van der Waals surface area contributed by atoms with Gasteiger partial charge >= 0.3 is 11.6 Å². The Morgan fingerprint density at radius 1 is 1.12 bits per heavy atom. The largest absolute Gasteiger partial charge is 0.481 e. The van der Waals surface area contributed by atoms with E-state index in [0.717, 1.165) is 24.0 Å². The van der Waals surface area contributed by atoms with Gasteiger partial charge in [0.05, 0.1) is 6.10 Å². The van der Waals surface area contributed by atoms with Crippen LogP contribution in [0.15, 0.2) is 51.7 Å². The van der Waals surface area contributed by atoms with Crippen LogP contribution in [0.3, 0.4) is 0 Å². The van der Waals surface area contributed by atoms with E-state index in [-0.39, 0.29) is 29.6 Å². The molecule has 2 heterocycles. The van der Waals surface area contributed by atoms with Crippen LogP contribution in [0.2, 0.25) is 0 Å². The first-order chi connectivity index (χ1) is 15.9. The van der Waals surface area contributed by atoms with Crippen molar-refractivity contribution >= 4 is 22.8 Å². The molecule has 0 saturated carbocycles. The van der Waals surface area contributed by atoms with Gasteiger partial charge in [0.2, 0.25) is 0 Å². The molecule has 4 rings (SSSR count). The van der Waals surface area contributed by atoms with Gasteiger partial charge in [-0.1, -0.05) is 18.2 Å². The number of aryl methyl sites for hydroxylation is 2. The van der Waals surface area contributed by atoms with Crippen molar-refractivity contribution in [1.82, 2.24) is 5.32 Å². The van der Waals surface area contributed by atoms with Crippen molar-refractivity contribution in [2.45, 2.75) is 32.8 Å². The fourth-order valence-electron chi connectivity index (χ4n) is 3.74. The summed E-state index contributed by atoms with van der Waals surface area (Å²) in [5, 5.41) is 3.24. The Hall–Kier alpha value is -3.65. The maximum atomic E-state index is 12.4. The lowest BCUT2D eigenvalue weighted by molar-refractivity contribution is -0.136. The summed E-state index contributed by atoms with van der Waals surface area (Å²) in [6, 6.07) is 11.8. The number of hydrogen-bond donors (Lipinski definition) is 1. The number of carbonyl (C=O) groups excluding carboxylic acids is 2. The zero-order valence-electron chi connectivity index (χ0n) is 18.5. The second-order valence-electron chi connectivity index (χ2n) is 7.98. The molecule has 1 aliphatic rings. The highest BCUT2D eigenvalue weighted by Gasteiger charge is 2.19. The first-order valence-corrected chi connectivity index (χ1v) is 10.8. The molecule has 1 fully saturated rings. The highest BCUT2D eigenvalue weighted by atomic mass is 16.6. The highest BCUT2D eigenvalue weighted by Crippen LogP contribution is 2.23. The van der Waals surface area contributed by atoms with Crippen LogP contribution >= 0.6 is 0 Å². The molecule has 8 nitrogen and oxygen atoms in total. The molecule has 0 aliphatic carbocycles. The summed E-state index contributed by atoms with van der Waals surface area (Å²) in [5.41, 5.74) is 1.19. The average molecular weight is 451 g/mol. The molecule has 0 bridgehead atoms. The molecular weight excluding hydrogens is 426 g/mol. The Balaban J connectivity index is 1.41. The average Bonchev–Trinajstić information content (AvgIpc) is 3.30. The van der Waals surface area contributed by atoms with Crippen molar-refractivity contribution in [2.75, 3.05) is 19.8 Å². The van der Waals surface area contributed by atoms with Gasteiger partial charge in [-0.25, -0.2) is 9.59 Å². The van der Waals surface area contributed by atoms with Gasteiger partial charge in [-0.05, 0) is 56.0 Å². The van der Waals surface area contributed by atoms with E-state index in [0.29, 0.717) is 24.3 Å². The standard InChI is InChI=1S/C25H25NO7/c1-15-5-3-6-16(2)23(15)31-14-22(27)32-18-9-8-17-11-20(25(29)33-21(17)12-18)24(28)26-13-19-7-4-10-30-19/h3,5-6,8-9,11-12,19H,4,7,10,13-14H2,1-2H3,(H,26,28). The van der Waals surface area contributed by atoms with Crippen LogP contribution in [0, 0.1) is 13.8 Å². The third-order valence-electron chi connectivity index (χ3n) is 5.44. The molecule has 33 heavy (non-hydrogen) atoms. The van der Waals surface area contributed by atoms with Gasteiger partial charge in [-0.2, -0.15) is 0 Å². The molecule has 172 valence electrons. The van der Waals surface area contributed by atoms with Crippen LogP contribution in [0.25, 0.3) is 11.0 Å². The fourth-order valence-corrected chi connectivity index (χ4v) is 3.74. The van der Waals surface area contributed by atoms with Gasteiger partial charge in [0.1, 0.15) is 22.6 Å². The first kappa shape index (κ1) is 22.5. The van der Waals surface area contributed by atoms with E-state index in [2.05, 4.69) is 5.32 Å². The Morgan fingerprint density at radius 2 is 1.91 bits per heavy atom. The lowest BCUT2D eigenvalue weighted by Crippen LogP contribution is -2.34. The van der Waals surface area contributed by atoms with Crippen molar-refractivity contribution in [3.63, 3.8) is 0 Å². The number of nitrogens with one attached hydrogen (secondary N) is 1. The smallest absolute Gasteiger partial charge is 0.349 e. The zero-order valence-corrected chi connectivity index (χ0v) is 18.5. The number of carbonyl (C=O) groups is 2. The topological polar surface area (TPSA) is 104 Å². The minimum atomic E-state index is -0.769. The van der Waals surface area contributed by atoms with Gasteiger partial charge in [0, 0.05) is 24.6 Å². The molecule has 1 saturated heterocycles. The van der Waals surface area contributed by atoms with E-state index in [4.69, 9.17) is 18.6 Å². The van der Waals surface area contributed by atoms with Crippen LogP contribution < -0.4 is 20.4 Å². The van der Waals surface area contributed by atoms with E-state index in [1.54, 1.807) is 12.1 Å². The molecule has 2 aromatic carbocycles. The number of ether oxygens (including phenoxy) is 3. The highest BCUT2D eigenvalue weighted by molar-refractivity contribution is 5.96. The SMILES string of the molecule is Cc1cccc(C)c1OCC(=O)Oc1ccc2cc(C(=O)NCC3CCCO3)c(=O)oc2c1. The van der Waals surface area contributed by atoms with E-state index >= 15 is 0 Å². The number of rotatable bonds is 7. The molecule has 8 heteroatoms. The minimum absolute atomic E-state index is 0.0302. The maximum Gasteiger partial charge on any atom is 0.349 e. The number of amides is 1. The normalized spacial score (nSPS) is 15.4. The Morgan fingerprint density at radius 3 is 2.64 bits per heavy atom. The molecule has 0 radical (unpaired) electrons. The van der Waals surface area contributed by atoms with Crippen LogP contribution in [-0.4, -0.2) is 37.7 Å². The number of fused-ring (bicyclic) bond motifs is 1. The third-order valence-corrected chi connectivity index (χ3v) is 5.44. The van der Waals surface area contributed by atoms with Crippen molar-refractivity contribution < 1.29 is 28.2 Å². The van der Waals surface area contributed by atoms with Gasteiger partial charge in [0.15, 0.2) is 6.61 Å². The molecule has 1 amide bonds. The summed E-state index contributed by atoms with van der Waals surface area (Å²) in [6.45, 7) is 4.56.